The van der Waals surface area contributed by atoms with Gasteiger partial charge in [0.25, 0.3) is 0 Å². The minimum absolute atomic E-state index is 0.0942. The summed E-state index contributed by atoms with van der Waals surface area (Å²) in [4.78, 5) is 12.3. The largest absolute Gasteiger partial charge is 0.330 e. The van der Waals surface area contributed by atoms with Gasteiger partial charge in [-0.05, 0) is 64.6 Å². The van der Waals surface area contributed by atoms with Gasteiger partial charge in [0.1, 0.15) is 0 Å². The molecule has 1 amide bonds. The Morgan fingerprint density at radius 3 is 2.68 bits per heavy atom. The van der Waals surface area contributed by atoms with Gasteiger partial charge in [-0.25, -0.2) is 0 Å². The third-order valence-corrected chi connectivity index (χ3v) is 4.21. The number of carbonyl (C=O) groups excluding carboxylic acids is 1. The SMILES string of the molecule is CC(C)(C)CC(CN)C1C(=O)Nc2cc(I)ccc21. The van der Waals surface area contributed by atoms with Crippen molar-refractivity contribution in [2.24, 2.45) is 17.1 Å². The van der Waals surface area contributed by atoms with Crippen molar-refractivity contribution in [3.05, 3.63) is 27.3 Å². The molecule has 3 nitrogen and oxygen atoms in total. The quantitative estimate of drug-likeness (QED) is 0.800. The zero-order valence-electron chi connectivity index (χ0n) is 11.7. The molecule has 0 aromatic heterocycles. The second-order valence-corrected chi connectivity index (χ2v) is 7.70. The first-order valence-electron chi connectivity index (χ1n) is 6.62. The fourth-order valence-electron chi connectivity index (χ4n) is 2.85. The van der Waals surface area contributed by atoms with Gasteiger partial charge >= 0.3 is 0 Å². The van der Waals surface area contributed by atoms with Crippen molar-refractivity contribution in [2.45, 2.75) is 33.1 Å². The maximum absolute atomic E-state index is 12.3. The van der Waals surface area contributed by atoms with Crippen molar-refractivity contribution in [3.63, 3.8) is 0 Å². The molecule has 1 heterocycles. The van der Waals surface area contributed by atoms with Crippen molar-refractivity contribution in [1.82, 2.24) is 0 Å². The Bertz CT molecular complexity index is 493. The number of hydrogen-bond donors (Lipinski definition) is 2. The molecule has 2 rings (SSSR count). The van der Waals surface area contributed by atoms with Crippen LogP contribution >= 0.6 is 22.6 Å². The highest BCUT2D eigenvalue weighted by molar-refractivity contribution is 14.1. The van der Waals surface area contributed by atoms with Gasteiger partial charge in [-0.3, -0.25) is 4.79 Å². The van der Waals surface area contributed by atoms with E-state index in [0.29, 0.717) is 6.54 Å². The predicted molar refractivity (Wildman–Crippen MR) is 87.1 cm³/mol. The Morgan fingerprint density at radius 2 is 2.11 bits per heavy atom. The van der Waals surface area contributed by atoms with E-state index in [4.69, 9.17) is 5.73 Å². The third kappa shape index (κ3) is 3.28. The topological polar surface area (TPSA) is 55.1 Å². The Hall–Kier alpha value is -0.620. The Labute approximate surface area is 128 Å². The van der Waals surface area contributed by atoms with E-state index in [9.17, 15) is 4.79 Å². The number of fused-ring (bicyclic) bond motifs is 1. The van der Waals surface area contributed by atoms with Gasteiger partial charge in [0.05, 0.1) is 5.92 Å². The summed E-state index contributed by atoms with van der Waals surface area (Å²) in [6, 6.07) is 6.14. The molecule has 0 spiro atoms. The number of anilines is 1. The van der Waals surface area contributed by atoms with Crippen LogP contribution in [0.1, 0.15) is 38.7 Å². The lowest BCUT2D eigenvalue weighted by Crippen LogP contribution is -2.30. The first kappa shape index (κ1) is 14.8. The summed E-state index contributed by atoms with van der Waals surface area (Å²) in [6.45, 7) is 7.12. The van der Waals surface area contributed by atoms with Gasteiger partial charge in [0.15, 0.2) is 0 Å². The standard InChI is InChI=1S/C15H21IN2O/c1-15(2,3)7-9(8-17)13-11-5-4-10(16)6-12(11)18-14(13)19/h4-6,9,13H,7-8,17H2,1-3H3,(H,18,19). The van der Waals surface area contributed by atoms with E-state index in [1.54, 1.807) is 0 Å². The number of nitrogens with two attached hydrogens (primary N) is 1. The van der Waals surface area contributed by atoms with E-state index < -0.39 is 0 Å². The lowest BCUT2D eigenvalue weighted by Gasteiger charge is -2.28. The molecule has 3 N–H and O–H groups in total. The van der Waals surface area contributed by atoms with Crippen LogP contribution in [0.3, 0.4) is 0 Å². The molecule has 0 aliphatic carbocycles. The highest BCUT2D eigenvalue weighted by Gasteiger charge is 2.37. The number of hydrogen-bond acceptors (Lipinski definition) is 2. The molecule has 1 aliphatic heterocycles. The lowest BCUT2D eigenvalue weighted by molar-refractivity contribution is -0.118. The van der Waals surface area contributed by atoms with Crippen molar-refractivity contribution in [1.29, 1.82) is 0 Å². The van der Waals surface area contributed by atoms with Crippen LogP contribution in [0, 0.1) is 14.9 Å². The Morgan fingerprint density at radius 1 is 1.42 bits per heavy atom. The molecular formula is C15H21IN2O. The van der Waals surface area contributed by atoms with E-state index in [1.165, 1.54) is 0 Å². The molecule has 2 unspecified atom stereocenters. The summed E-state index contributed by atoms with van der Waals surface area (Å²) in [6.07, 6.45) is 0.951. The van der Waals surface area contributed by atoms with Crippen LogP contribution in [0.25, 0.3) is 0 Å². The summed E-state index contributed by atoms with van der Waals surface area (Å²) in [5.41, 5.74) is 8.16. The molecule has 0 saturated carbocycles. The Kier molecular flexibility index (Phi) is 4.20. The van der Waals surface area contributed by atoms with Crippen LogP contribution in [0.4, 0.5) is 5.69 Å². The van der Waals surface area contributed by atoms with Gasteiger partial charge in [0, 0.05) is 9.26 Å². The number of nitrogens with one attached hydrogen (secondary N) is 1. The van der Waals surface area contributed by atoms with Crippen LogP contribution in [0.2, 0.25) is 0 Å². The second-order valence-electron chi connectivity index (χ2n) is 6.46. The van der Waals surface area contributed by atoms with Crippen LogP contribution in [-0.2, 0) is 4.79 Å². The van der Waals surface area contributed by atoms with Crippen LogP contribution in [0.15, 0.2) is 18.2 Å². The molecule has 0 saturated heterocycles. The molecule has 104 valence electrons. The van der Waals surface area contributed by atoms with Gasteiger partial charge in [0.2, 0.25) is 5.91 Å². The van der Waals surface area contributed by atoms with Crippen molar-refractivity contribution >= 4 is 34.2 Å². The minimum Gasteiger partial charge on any atom is -0.330 e. The molecule has 19 heavy (non-hydrogen) atoms. The summed E-state index contributed by atoms with van der Waals surface area (Å²) in [7, 11) is 0. The van der Waals surface area contributed by atoms with Crippen molar-refractivity contribution < 1.29 is 4.79 Å². The smallest absolute Gasteiger partial charge is 0.232 e. The molecular weight excluding hydrogens is 351 g/mol. The predicted octanol–water partition coefficient (Wildman–Crippen LogP) is 3.34. The van der Waals surface area contributed by atoms with Crippen LogP contribution in [0.5, 0.6) is 0 Å². The molecule has 2 atom stereocenters. The zero-order chi connectivity index (χ0) is 14.2. The highest BCUT2D eigenvalue weighted by atomic mass is 127. The van der Waals surface area contributed by atoms with E-state index in [2.05, 4.69) is 60.8 Å². The minimum atomic E-state index is -0.101. The van der Waals surface area contributed by atoms with E-state index in [0.717, 1.165) is 21.2 Å². The number of benzene rings is 1. The van der Waals surface area contributed by atoms with Crippen molar-refractivity contribution in [2.75, 3.05) is 11.9 Å². The maximum atomic E-state index is 12.3. The third-order valence-electron chi connectivity index (χ3n) is 3.54. The number of halogens is 1. The second kappa shape index (κ2) is 5.40. The van der Waals surface area contributed by atoms with Crippen molar-refractivity contribution in [3.8, 4) is 0 Å². The number of carbonyl (C=O) groups is 1. The van der Waals surface area contributed by atoms with Gasteiger partial charge in [-0.1, -0.05) is 26.8 Å². The molecule has 4 heteroatoms. The first-order valence-corrected chi connectivity index (χ1v) is 7.70. The summed E-state index contributed by atoms with van der Waals surface area (Å²) >= 11 is 2.26. The van der Waals surface area contributed by atoms with E-state index in [1.807, 2.05) is 6.07 Å². The number of amides is 1. The average molecular weight is 372 g/mol. The molecule has 0 bridgehead atoms. The van der Waals surface area contributed by atoms with Crippen LogP contribution < -0.4 is 11.1 Å². The fourth-order valence-corrected chi connectivity index (χ4v) is 3.34. The maximum Gasteiger partial charge on any atom is 0.232 e. The summed E-state index contributed by atoms with van der Waals surface area (Å²) in [5.74, 6) is 0.189. The average Bonchev–Trinajstić information content (AvgIpc) is 2.60. The number of rotatable bonds is 3. The molecule has 1 aromatic rings. The van der Waals surface area contributed by atoms with Gasteiger partial charge in [-0.2, -0.15) is 0 Å². The molecule has 1 aliphatic rings. The zero-order valence-corrected chi connectivity index (χ0v) is 13.8. The molecule has 0 fully saturated rings. The highest BCUT2D eigenvalue weighted by Crippen LogP contribution is 2.41. The summed E-state index contributed by atoms with van der Waals surface area (Å²) < 4.78 is 1.14. The molecule has 1 aromatic carbocycles. The van der Waals surface area contributed by atoms with E-state index in [-0.39, 0.29) is 23.2 Å². The fraction of sp³-hybridized carbons (Fsp3) is 0.533. The van der Waals surface area contributed by atoms with Crippen LogP contribution in [-0.4, -0.2) is 12.5 Å². The first-order chi connectivity index (χ1) is 8.81. The lowest BCUT2D eigenvalue weighted by atomic mass is 9.76. The monoisotopic (exact) mass is 372 g/mol. The van der Waals surface area contributed by atoms with E-state index >= 15 is 0 Å². The normalized spacial score (nSPS) is 20.1. The summed E-state index contributed by atoms with van der Waals surface area (Å²) in [5, 5.41) is 2.99. The van der Waals surface area contributed by atoms with Gasteiger partial charge in [-0.15, -0.1) is 0 Å². The van der Waals surface area contributed by atoms with Gasteiger partial charge < -0.3 is 11.1 Å². The molecule has 0 radical (unpaired) electrons. The Balaban J connectivity index is 2.32.